The molecular weight excluding hydrogens is 507 g/mol. The Morgan fingerprint density at radius 1 is 0.824 bits per heavy atom. The summed E-state index contributed by atoms with van der Waals surface area (Å²) in [6, 6.07) is -0.669. The molecule has 0 spiro atoms. The van der Waals surface area contributed by atoms with Crippen molar-refractivity contribution in [1.82, 2.24) is 20.9 Å². The Morgan fingerprint density at radius 3 is 1.79 bits per heavy atom. The van der Waals surface area contributed by atoms with Gasteiger partial charge in [0.15, 0.2) is 0 Å². The minimum absolute atomic E-state index is 0. The van der Waals surface area contributed by atoms with E-state index in [4.69, 9.17) is 10.2 Å². The van der Waals surface area contributed by atoms with Crippen molar-refractivity contribution < 1.29 is 29.4 Å². The summed E-state index contributed by atoms with van der Waals surface area (Å²) in [5.41, 5.74) is 0. The van der Waals surface area contributed by atoms with Gasteiger partial charge in [-0.2, -0.15) is 11.8 Å². The summed E-state index contributed by atoms with van der Waals surface area (Å²) >= 11 is 1.64. The van der Waals surface area contributed by atoms with Gasteiger partial charge >= 0.3 is 12.2 Å². The van der Waals surface area contributed by atoms with Crippen LogP contribution in [-0.2, 0) is 9.59 Å². The molecule has 10 nitrogen and oxygen atoms in total. The Labute approximate surface area is 219 Å². The van der Waals surface area contributed by atoms with Crippen LogP contribution in [0.5, 0.6) is 0 Å². The Balaban J connectivity index is -0.00000480. The topological polar surface area (TPSA) is 148 Å². The van der Waals surface area contributed by atoms with Crippen LogP contribution >= 0.6 is 36.6 Å². The summed E-state index contributed by atoms with van der Waals surface area (Å²) < 4.78 is 0. The van der Waals surface area contributed by atoms with E-state index in [2.05, 4.69) is 22.9 Å². The number of hydrogen-bond donors (Lipinski definition) is 5. The van der Waals surface area contributed by atoms with E-state index >= 15 is 0 Å². The van der Waals surface area contributed by atoms with Crippen molar-refractivity contribution in [3.05, 3.63) is 0 Å². The maximum atomic E-state index is 13.1. The van der Waals surface area contributed by atoms with Crippen LogP contribution in [0.4, 0.5) is 9.59 Å². The number of nitrogens with one attached hydrogen (secondary N) is 3. The number of carboxylic acid groups (broad SMARTS) is 2. The summed E-state index contributed by atoms with van der Waals surface area (Å²) in [6.07, 6.45) is 5.74. The smallest absolute Gasteiger partial charge is 0.404 e. The number of carbonyl (C=O) groups excluding carboxylic acids is 2. The second kappa shape index (κ2) is 24.5. The monoisotopic (exact) mass is 548 g/mol. The van der Waals surface area contributed by atoms with Crippen LogP contribution in [0.1, 0.15) is 65.2 Å². The molecule has 0 aromatic rings. The van der Waals surface area contributed by atoms with Gasteiger partial charge < -0.3 is 31.1 Å². The van der Waals surface area contributed by atoms with E-state index in [1.54, 1.807) is 16.7 Å². The molecule has 1 atom stereocenters. The number of carbonyl (C=O) groups is 4. The number of thioether (sulfide) groups is 1. The van der Waals surface area contributed by atoms with E-state index in [0.29, 0.717) is 31.7 Å². The Kier molecular flexibility index (Phi) is 26.7. The molecule has 0 aliphatic carbocycles. The second-order valence-corrected chi connectivity index (χ2v) is 8.74. The first kappa shape index (κ1) is 37.0. The van der Waals surface area contributed by atoms with E-state index in [1.165, 1.54) is 32.6 Å². The van der Waals surface area contributed by atoms with E-state index < -0.39 is 18.2 Å². The SMILES string of the molecule is CCCCCCCCSCC(NC(C)=O)C(=O)N(CCCNC(=O)O)CCCNC(=O)O.Cl.Cl. The van der Waals surface area contributed by atoms with E-state index in [9.17, 15) is 19.2 Å². The lowest BCUT2D eigenvalue weighted by molar-refractivity contribution is -0.135. The van der Waals surface area contributed by atoms with E-state index in [-0.39, 0.29) is 49.7 Å². The van der Waals surface area contributed by atoms with Crippen molar-refractivity contribution in [3.63, 3.8) is 0 Å². The summed E-state index contributed by atoms with van der Waals surface area (Å²) in [6.45, 7) is 4.57. The summed E-state index contributed by atoms with van der Waals surface area (Å²) in [5.74, 6) is 0.857. The fourth-order valence-electron chi connectivity index (χ4n) is 3.09. The third-order valence-corrected chi connectivity index (χ3v) is 5.82. The Morgan fingerprint density at radius 2 is 1.32 bits per heavy atom. The van der Waals surface area contributed by atoms with E-state index in [0.717, 1.165) is 18.6 Å². The van der Waals surface area contributed by atoms with Crippen molar-refractivity contribution in [2.24, 2.45) is 0 Å². The minimum Gasteiger partial charge on any atom is -0.465 e. The molecule has 0 radical (unpaired) electrons. The largest absolute Gasteiger partial charge is 0.465 e. The van der Waals surface area contributed by atoms with Crippen LogP contribution < -0.4 is 16.0 Å². The molecule has 0 bridgehead atoms. The normalized spacial score (nSPS) is 10.8. The molecule has 13 heteroatoms. The molecule has 34 heavy (non-hydrogen) atoms. The maximum Gasteiger partial charge on any atom is 0.404 e. The predicted octanol–water partition coefficient (Wildman–Crippen LogP) is 3.57. The first-order chi connectivity index (χ1) is 15.3. The molecular formula is C21H42Cl2N4O6S. The van der Waals surface area contributed by atoms with Crippen LogP contribution in [0.25, 0.3) is 0 Å². The van der Waals surface area contributed by atoms with Crippen LogP contribution in [-0.4, -0.2) is 82.8 Å². The molecule has 0 aliphatic rings. The molecule has 4 amide bonds. The average molecular weight is 550 g/mol. The number of halogens is 2. The van der Waals surface area contributed by atoms with Gasteiger partial charge in [0.25, 0.3) is 0 Å². The molecule has 0 fully saturated rings. The first-order valence-corrected chi connectivity index (χ1v) is 12.5. The Hall–Kier alpha value is -1.59. The van der Waals surface area contributed by atoms with Gasteiger partial charge in [-0.15, -0.1) is 24.8 Å². The highest BCUT2D eigenvalue weighted by Gasteiger charge is 2.24. The van der Waals surface area contributed by atoms with Gasteiger partial charge in [0.05, 0.1) is 0 Å². The van der Waals surface area contributed by atoms with Crippen molar-refractivity contribution in [1.29, 1.82) is 0 Å². The number of nitrogens with zero attached hydrogens (tertiary/aromatic N) is 1. The lowest BCUT2D eigenvalue weighted by Crippen LogP contribution is -2.50. The lowest BCUT2D eigenvalue weighted by Gasteiger charge is -2.28. The molecule has 1 unspecified atom stereocenters. The average Bonchev–Trinajstić information content (AvgIpc) is 2.72. The van der Waals surface area contributed by atoms with Crippen molar-refractivity contribution >= 4 is 60.6 Å². The molecule has 0 saturated carbocycles. The van der Waals surface area contributed by atoms with Gasteiger partial charge in [-0.25, -0.2) is 9.59 Å². The summed E-state index contributed by atoms with van der Waals surface area (Å²) in [4.78, 5) is 47.6. The van der Waals surface area contributed by atoms with Gasteiger partial charge in [0, 0.05) is 38.9 Å². The van der Waals surface area contributed by atoms with Crippen molar-refractivity contribution in [2.75, 3.05) is 37.7 Å². The number of amides is 4. The minimum atomic E-state index is -1.13. The zero-order valence-corrected chi connectivity index (χ0v) is 22.6. The third-order valence-electron chi connectivity index (χ3n) is 4.68. The fourth-order valence-corrected chi connectivity index (χ4v) is 4.13. The molecule has 202 valence electrons. The van der Waals surface area contributed by atoms with Gasteiger partial charge in [-0.05, 0) is 25.0 Å². The highest BCUT2D eigenvalue weighted by molar-refractivity contribution is 7.99. The molecule has 0 heterocycles. The summed E-state index contributed by atoms with van der Waals surface area (Å²) in [7, 11) is 0. The molecule has 0 aromatic carbocycles. The maximum absolute atomic E-state index is 13.1. The van der Waals surface area contributed by atoms with Crippen LogP contribution in [0.15, 0.2) is 0 Å². The molecule has 5 N–H and O–H groups in total. The molecule has 0 aromatic heterocycles. The van der Waals surface area contributed by atoms with Gasteiger partial charge in [0.1, 0.15) is 6.04 Å². The van der Waals surface area contributed by atoms with Crippen LogP contribution in [0.2, 0.25) is 0 Å². The van der Waals surface area contributed by atoms with Crippen molar-refractivity contribution in [3.8, 4) is 0 Å². The number of unbranched alkanes of at least 4 members (excludes halogenated alkanes) is 5. The predicted molar refractivity (Wildman–Crippen MR) is 141 cm³/mol. The first-order valence-electron chi connectivity index (χ1n) is 11.3. The van der Waals surface area contributed by atoms with Gasteiger partial charge in [-0.3, -0.25) is 9.59 Å². The van der Waals surface area contributed by atoms with Crippen LogP contribution in [0.3, 0.4) is 0 Å². The number of hydrogen-bond acceptors (Lipinski definition) is 5. The Bertz CT molecular complexity index is 553. The fraction of sp³-hybridized carbons (Fsp3) is 0.810. The molecule has 0 aliphatic heterocycles. The van der Waals surface area contributed by atoms with Crippen LogP contribution in [0, 0.1) is 0 Å². The summed E-state index contributed by atoms with van der Waals surface area (Å²) in [5, 5.41) is 24.6. The second-order valence-electron chi connectivity index (χ2n) is 7.59. The highest BCUT2D eigenvalue weighted by atomic mass is 35.5. The van der Waals surface area contributed by atoms with Gasteiger partial charge in [0.2, 0.25) is 11.8 Å². The number of rotatable bonds is 19. The quantitative estimate of drug-likeness (QED) is 0.155. The zero-order valence-electron chi connectivity index (χ0n) is 20.2. The molecule has 0 saturated heterocycles. The van der Waals surface area contributed by atoms with Crippen molar-refractivity contribution in [2.45, 2.75) is 71.3 Å². The lowest BCUT2D eigenvalue weighted by atomic mass is 10.1. The highest BCUT2D eigenvalue weighted by Crippen LogP contribution is 2.12. The third kappa shape index (κ3) is 22.2. The standard InChI is InChI=1S/C21H40N4O6S.2ClH/c1-3-4-5-6-7-8-15-32-16-18(24-17(2)26)19(27)25(13-9-11-22-20(28)29)14-10-12-23-21(30)31;;/h18,22-23H,3-16H2,1-2H3,(H,24,26)(H,28,29)(H,30,31);2*1H. The van der Waals surface area contributed by atoms with Gasteiger partial charge in [-0.1, -0.05) is 39.0 Å². The zero-order chi connectivity index (χ0) is 24.2. The van der Waals surface area contributed by atoms with E-state index in [1.807, 2.05) is 0 Å². The molecule has 0 rings (SSSR count).